The van der Waals surface area contributed by atoms with Crippen molar-refractivity contribution >= 4 is 28.6 Å². The Labute approximate surface area is 171 Å². The number of carbonyl (C=O) groups is 1. The van der Waals surface area contributed by atoms with Crippen molar-refractivity contribution in [1.29, 1.82) is 0 Å². The van der Waals surface area contributed by atoms with Gasteiger partial charge in [0.1, 0.15) is 5.75 Å². The van der Waals surface area contributed by atoms with Gasteiger partial charge in [0.15, 0.2) is 0 Å². The molecule has 0 fully saturated rings. The third-order valence-corrected chi connectivity index (χ3v) is 5.80. The summed E-state index contributed by atoms with van der Waals surface area (Å²) in [7, 11) is 0. The van der Waals surface area contributed by atoms with E-state index >= 15 is 0 Å². The standard InChI is InChI=1S/C24H27NO2S/c1-4-9-18-14-16-20(17-15-18)28-22-13-8-11-19-10-7-12-21(23(19)22)27-24(26)25(5-2)6-3/h7-8,10-17H,4-6,9H2,1-3H3. The Hall–Kier alpha value is -2.46. The summed E-state index contributed by atoms with van der Waals surface area (Å²) in [6, 6.07) is 20.8. The van der Waals surface area contributed by atoms with Crippen LogP contribution in [0.25, 0.3) is 10.8 Å². The molecule has 0 spiro atoms. The number of benzene rings is 3. The first-order valence-electron chi connectivity index (χ1n) is 9.91. The number of carbonyl (C=O) groups excluding carboxylic acids is 1. The second kappa shape index (κ2) is 9.65. The molecule has 0 saturated heterocycles. The van der Waals surface area contributed by atoms with E-state index in [2.05, 4.69) is 49.4 Å². The Bertz CT molecular complexity index is 928. The van der Waals surface area contributed by atoms with Crippen LogP contribution in [0.5, 0.6) is 5.75 Å². The van der Waals surface area contributed by atoms with Crippen LogP contribution >= 0.6 is 11.8 Å². The van der Waals surface area contributed by atoms with Crippen LogP contribution in [-0.4, -0.2) is 24.1 Å². The SMILES string of the molecule is CCCc1ccc(Sc2cccc3cccc(OC(=O)N(CC)CC)c23)cc1. The lowest BCUT2D eigenvalue weighted by molar-refractivity contribution is 0.158. The second-order valence-electron chi connectivity index (χ2n) is 6.65. The number of fused-ring (bicyclic) bond motifs is 1. The van der Waals surface area contributed by atoms with E-state index in [0.717, 1.165) is 28.5 Å². The molecule has 1 amide bonds. The van der Waals surface area contributed by atoms with Crippen molar-refractivity contribution in [3.63, 3.8) is 0 Å². The van der Waals surface area contributed by atoms with Gasteiger partial charge in [-0.05, 0) is 55.5 Å². The number of hydrogen-bond donors (Lipinski definition) is 0. The van der Waals surface area contributed by atoms with Gasteiger partial charge in [0.25, 0.3) is 0 Å². The monoisotopic (exact) mass is 393 g/mol. The highest BCUT2D eigenvalue weighted by Gasteiger charge is 2.16. The minimum absolute atomic E-state index is 0.304. The molecule has 0 aliphatic carbocycles. The average molecular weight is 394 g/mol. The van der Waals surface area contributed by atoms with Crippen LogP contribution in [-0.2, 0) is 6.42 Å². The molecular weight excluding hydrogens is 366 g/mol. The van der Waals surface area contributed by atoms with E-state index in [-0.39, 0.29) is 6.09 Å². The molecule has 0 aliphatic heterocycles. The van der Waals surface area contributed by atoms with Crippen molar-refractivity contribution in [3.8, 4) is 5.75 Å². The summed E-state index contributed by atoms with van der Waals surface area (Å²) >= 11 is 1.70. The van der Waals surface area contributed by atoms with Gasteiger partial charge in [-0.3, -0.25) is 0 Å². The van der Waals surface area contributed by atoms with Crippen molar-refractivity contribution in [2.75, 3.05) is 13.1 Å². The van der Waals surface area contributed by atoms with Gasteiger partial charge in [-0.2, -0.15) is 0 Å². The smallest absolute Gasteiger partial charge is 0.409 e. The van der Waals surface area contributed by atoms with Gasteiger partial charge < -0.3 is 9.64 Å². The maximum absolute atomic E-state index is 12.5. The summed E-state index contributed by atoms with van der Waals surface area (Å²) in [6.07, 6.45) is 1.95. The second-order valence-corrected chi connectivity index (χ2v) is 7.76. The molecule has 3 nitrogen and oxygen atoms in total. The Morgan fingerprint density at radius 3 is 2.25 bits per heavy atom. The quantitative estimate of drug-likeness (QED) is 0.443. The van der Waals surface area contributed by atoms with Crippen molar-refractivity contribution in [2.24, 2.45) is 0 Å². The molecular formula is C24H27NO2S. The van der Waals surface area contributed by atoms with E-state index in [1.807, 2.05) is 32.0 Å². The fourth-order valence-electron chi connectivity index (χ4n) is 3.22. The van der Waals surface area contributed by atoms with Gasteiger partial charge in [-0.25, -0.2) is 4.79 Å². The maximum atomic E-state index is 12.5. The predicted octanol–water partition coefficient (Wildman–Crippen LogP) is 6.78. The van der Waals surface area contributed by atoms with Crippen LogP contribution in [0.4, 0.5) is 4.79 Å². The summed E-state index contributed by atoms with van der Waals surface area (Å²) in [6.45, 7) is 7.37. The molecule has 0 radical (unpaired) electrons. The van der Waals surface area contributed by atoms with Crippen LogP contribution in [0.2, 0.25) is 0 Å². The molecule has 0 bridgehead atoms. The zero-order chi connectivity index (χ0) is 19.9. The normalized spacial score (nSPS) is 10.8. The molecule has 0 aliphatic rings. The molecule has 0 atom stereocenters. The predicted molar refractivity (Wildman–Crippen MR) is 117 cm³/mol. The Balaban J connectivity index is 1.93. The first-order chi connectivity index (χ1) is 13.7. The molecule has 146 valence electrons. The highest BCUT2D eigenvalue weighted by molar-refractivity contribution is 7.99. The topological polar surface area (TPSA) is 29.5 Å². The highest BCUT2D eigenvalue weighted by Crippen LogP contribution is 2.38. The van der Waals surface area contributed by atoms with Crippen LogP contribution in [0.15, 0.2) is 70.5 Å². The Morgan fingerprint density at radius 2 is 1.61 bits per heavy atom. The molecule has 4 heteroatoms. The van der Waals surface area contributed by atoms with Crippen molar-refractivity contribution in [2.45, 2.75) is 43.4 Å². The zero-order valence-corrected chi connectivity index (χ0v) is 17.6. The molecule has 0 aromatic heterocycles. The molecule has 0 unspecified atom stereocenters. The number of hydrogen-bond acceptors (Lipinski definition) is 3. The van der Waals surface area contributed by atoms with Gasteiger partial charge in [-0.1, -0.05) is 61.5 Å². The van der Waals surface area contributed by atoms with Crippen molar-refractivity contribution in [3.05, 3.63) is 66.2 Å². The minimum Gasteiger partial charge on any atom is -0.409 e. The van der Waals surface area contributed by atoms with E-state index in [1.165, 1.54) is 10.5 Å². The van der Waals surface area contributed by atoms with Gasteiger partial charge >= 0.3 is 6.09 Å². The van der Waals surface area contributed by atoms with Crippen LogP contribution in [0.3, 0.4) is 0 Å². The number of rotatable bonds is 7. The summed E-state index contributed by atoms with van der Waals surface area (Å²) in [5.74, 6) is 0.611. The third-order valence-electron chi connectivity index (χ3n) is 4.74. The van der Waals surface area contributed by atoms with Gasteiger partial charge in [0.05, 0.1) is 0 Å². The maximum Gasteiger partial charge on any atom is 0.415 e. The van der Waals surface area contributed by atoms with E-state index in [4.69, 9.17) is 4.74 Å². The number of ether oxygens (including phenoxy) is 1. The summed E-state index contributed by atoms with van der Waals surface area (Å²) in [4.78, 5) is 16.4. The van der Waals surface area contributed by atoms with Crippen LogP contribution in [0, 0.1) is 0 Å². The first-order valence-corrected chi connectivity index (χ1v) is 10.7. The van der Waals surface area contributed by atoms with Crippen molar-refractivity contribution < 1.29 is 9.53 Å². The van der Waals surface area contributed by atoms with Gasteiger partial charge in [0, 0.05) is 28.3 Å². The number of nitrogens with zero attached hydrogens (tertiary/aromatic N) is 1. The largest absolute Gasteiger partial charge is 0.415 e. The highest BCUT2D eigenvalue weighted by atomic mass is 32.2. The molecule has 3 rings (SSSR count). The van der Waals surface area contributed by atoms with E-state index in [9.17, 15) is 4.79 Å². The molecule has 3 aromatic carbocycles. The van der Waals surface area contributed by atoms with E-state index < -0.39 is 0 Å². The van der Waals surface area contributed by atoms with Gasteiger partial charge in [0.2, 0.25) is 0 Å². The lowest BCUT2D eigenvalue weighted by atomic mass is 10.1. The van der Waals surface area contributed by atoms with Gasteiger partial charge in [-0.15, -0.1) is 0 Å². The fraction of sp³-hybridized carbons (Fsp3) is 0.292. The Morgan fingerprint density at radius 1 is 0.929 bits per heavy atom. The molecule has 0 heterocycles. The lowest BCUT2D eigenvalue weighted by Crippen LogP contribution is -2.33. The summed E-state index contributed by atoms with van der Waals surface area (Å²) in [5.41, 5.74) is 1.36. The molecule has 0 saturated carbocycles. The summed E-state index contributed by atoms with van der Waals surface area (Å²) < 4.78 is 5.77. The van der Waals surface area contributed by atoms with Crippen LogP contribution < -0.4 is 4.74 Å². The summed E-state index contributed by atoms with van der Waals surface area (Å²) in [5, 5.41) is 2.05. The van der Waals surface area contributed by atoms with E-state index in [1.54, 1.807) is 16.7 Å². The lowest BCUT2D eigenvalue weighted by Gasteiger charge is -2.19. The minimum atomic E-state index is -0.304. The fourth-order valence-corrected chi connectivity index (χ4v) is 4.22. The first kappa shape index (κ1) is 20.3. The van der Waals surface area contributed by atoms with Crippen molar-refractivity contribution in [1.82, 2.24) is 4.90 Å². The molecule has 3 aromatic rings. The molecule has 0 N–H and O–H groups in total. The number of amides is 1. The zero-order valence-electron chi connectivity index (χ0n) is 16.8. The number of aryl methyl sites for hydroxylation is 1. The third kappa shape index (κ3) is 4.68. The van der Waals surface area contributed by atoms with Crippen LogP contribution in [0.1, 0.15) is 32.8 Å². The Kier molecular flexibility index (Phi) is 6.99. The average Bonchev–Trinajstić information content (AvgIpc) is 2.71. The van der Waals surface area contributed by atoms with E-state index in [0.29, 0.717) is 18.8 Å². The molecule has 28 heavy (non-hydrogen) atoms.